The first-order chi connectivity index (χ1) is 10.8. The van der Waals surface area contributed by atoms with E-state index in [4.69, 9.17) is 9.47 Å². The summed E-state index contributed by atoms with van der Waals surface area (Å²) in [6.45, 7) is 11.0. The molecule has 0 aliphatic carbocycles. The number of aliphatic hydroxyl groups excluding tert-OH is 1. The molecule has 1 unspecified atom stereocenters. The Hall–Kier alpha value is -1.52. The van der Waals surface area contributed by atoms with Crippen molar-refractivity contribution in [3.8, 4) is 5.75 Å². The maximum Gasteiger partial charge on any atom is 0.119 e. The predicted molar refractivity (Wildman–Crippen MR) is 99.7 cm³/mol. The summed E-state index contributed by atoms with van der Waals surface area (Å²) >= 11 is 0. The van der Waals surface area contributed by atoms with Gasteiger partial charge in [-0.1, -0.05) is 32.3 Å². The lowest BCUT2D eigenvalue weighted by atomic mass is 9.95. The van der Waals surface area contributed by atoms with Crippen LogP contribution in [-0.4, -0.2) is 27.4 Å². The first kappa shape index (κ1) is 19.5. The fourth-order valence-corrected chi connectivity index (χ4v) is 4.15. The van der Waals surface area contributed by atoms with Crippen LogP contribution in [0.5, 0.6) is 5.75 Å². The van der Waals surface area contributed by atoms with Crippen LogP contribution in [0.4, 0.5) is 0 Å². The number of ether oxygens (including phenoxy) is 2. The summed E-state index contributed by atoms with van der Waals surface area (Å²) in [7, 11) is 1.99. The summed E-state index contributed by atoms with van der Waals surface area (Å²) in [5.74, 6) is 0.808. The van der Waals surface area contributed by atoms with E-state index in [9.17, 15) is 5.11 Å². The van der Waals surface area contributed by atoms with Crippen LogP contribution < -0.4 is 4.74 Å². The summed E-state index contributed by atoms with van der Waals surface area (Å²) in [5.41, 5.74) is 2.93. The van der Waals surface area contributed by atoms with Gasteiger partial charge in [0.2, 0.25) is 0 Å². The molecule has 0 saturated carbocycles. The SMILES string of the molecule is C=C(C[Si](C)(C)C)C(O)c1ccc(OC)cc1CC/C=C\OC. The van der Waals surface area contributed by atoms with Gasteiger partial charge in [0.25, 0.3) is 0 Å². The second-order valence-electron chi connectivity index (χ2n) is 7.01. The van der Waals surface area contributed by atoms with Gasteiger partial charge in [-0.3, -0.25) is 0 Å². The zero-order valence-corrected chi connectivity index (χ0v) is 16.1. The van der Waals surface area contributed by atoms with Gasteiger partial charge in [0, 0.05) is 8.07 Å². The van der Waals surface area contributed by atoms with Gasteiger partial charge >= 0.3 is 0 Å². The van der Waals surface area contributed by atoms with Crippen LogP contribution in [-0.2, 0) is 11.2 Å². The summed E-state index contributed by atoms with van der Waals surface area (Å²) in [6.07, 6.45) is 4.71. The van der Waals surface area contributed by atoms with Crippen molar-refractivity contribution in [2.45, 2.75) is 44.6 Å². The quantitative estimate of drug-likeness (QED) is 0.403. The monoisotopic (exact) mass is 334 g/mol. The van der Waals surface area contributed by atoms with Crippen molar-refractivity contribution >= 4 is 8.07 Å². The number of hydrogen-bond donors (Lipinski definition) is 1. The van der Waals surface area contributed by atoms with Crippen molar-refractivity contribution in [1.29, 1.82) is 0 Å². The number of aryl methyl sites for hydroxylation is 1. The van der Waals surface area contributed by atoms with Gasteiger partial charge < -0.3 is 14.6 Å². The lowest BCUT2D eigenvalue weighted by Gasteiger charge is -2.23. The molecule has 1 atom stereocenters. The molecule has 0 amide bonds. The largest absolute Gasteiger partial charge is 0.505 e. The number of allylic oxidation sites excluding steroid dienone is 1. The van der Waals surface area contributed by atoms with E-state index in [0.717, 1.165) is 41.3 Å². The lowest BCUT2D eigenvalue weighted by molar-refractivity contribution is 0.214. The molecule has 1 aromatic rings. The van der Waals surface area contributed by atoms with E-state index in [-0.39, 0.29) is 0 Å². The molecular weight excluding hydrogens is 304 g/mol. The van der Waals surface area contributed by atoms with E-state index in [0.29, 0.717) is 0 Å². The van der Waals surface area contributed by atoms with E-state index >= 15 is 0 Å². The molecule has 0 fully saturated rings. The highest BCUT2D eigenvalue weighted by Crippen LogP contribution is 2.32. The van der Waals surface area contributed by atoms with Crippen LogP contribution >= 0.6 is 0 Å². The van der Waals surface area contributed by atoms with Crippen LogP contribution in [0.3, 0.4) is 0 Å². The number of hydrogen-bond acceptors (Lipinski definition) is 3. The molecule has 0 bridgehead atoms. The Labute approximate surface area is 141 Å². The van der Waals surface area contributed by atoms with Crippen molar-refractivity contribution in [1.82, 2.24) is 0 Å². The lowest BCUT2D eigenvalue weighted by Crippen LogP contribution is -2.22. The topological polar surface area (TPSA) is 38.7 Å². The molecule has 0 aliphatic heterocycles. The Morgan fingerprint density at radius 3 is 2.57 bits per heavy atom. The minimum Gasteiger partial charge on any atom is -0.505 e. The minimum atomic E-state index is -1.30. The van der Waals surface area contributed by atoms with Crippen LogP contribution in [0.1, 0.15) is 23.7 Å². The van der Waals surface area contributed by atoms with Crippen LogP contribution in [0.15, 0.2) is 42.7 Å². The fourth-order valence-electron chi connectivity index (χ4n) is 2.59. The zero-order valence-electron chi connectivity index (χ0n) is 15.1. The van der Waals surface area contributed by atoms with E-state index in [1.807, 2.05) is 24.3 Å². The number of methoxy groups -OCH3 is 2. The molecule has 128 valence electrons. The maximum atomic E-state index is 10.7. The van der Waals surface area contributed by atoms with Gasteiger partial charge in [-0.15, -0.1) is 0 Å². The zero-order chi connectivity index (χ0) is 17.5. The third-order valence-corrected chi connectivity index (χ3v) is 5.12. The average molecular weight is 335 g/mol. The molecule has 0 aliphatic rings. The van der Waals surface area contributed by atoms with Crippen molar-refractivity contribution in [2.75, 3.05) is 14.2 Å². The molecule has 4 heteroatoms. The Balaban J connectivity index is 2.98. The predicted octanol–water partition coefficient (Wildman–Crippen LogP) is 4.72. The van der Waals surface area contributed by atoms with Crippen molar-refractivity contribution < 1.29 is 14.6 Å². The van der Waals surface area contributed by atoms with E-state index in [1.165, 1.54) is 0 Å². The van der Waals surface area contributed by atoms with Crippen molar-refractivity contribution in [3.05, 3.63) is 53.8 Å². The van der Waals surface area contributed by atoms with Gasteiger partial charge in [-0.05, 0) is 53.8 Å². The van der Waals surface area contributed by atoms with E-state index in [1.54, 1.807) is 20.5 Å². The Kier molecular flexibility index (Phi) is 7.59. The number of rotatable bonds is 9. The van der Waals surface area contributed by atoms with E-state index in [2.05, 4.69) is 26.2 Å². The molecule has 0 spiro atoms. The molecule has 1 aromatic carbocycles. The molecule has 23 heavy (non-hydrogen) atoms. The third-order valence-electron chi connectivity index (χ3n) is 3.60. The second-order valence-corrected chi connectivity index (χ2v) is 12.5. The summed E-state index contributed by atoms with van der Waals surface area (Å²) in [4.78, 5) is 0. The summed E-state index contributed by atoms with van der Waals surface area (Å²) in [6, 6.07) is 6.77. The first-order valence-electron chi connectivity index (χ1n) is 7.99. The van der Waals surface area contributed by atoms with Gasteiger partial charge in [-0.25, -0.2) is 0 Å². The third kappa shape index (κ3) is 6.63. The smallest absolute Gasteiger partial charge is 0.119 e. The average Bonchev–Trinajstić information content (AvgIpc) is 2.49. The fraction of sp³-hybridized carbons (Fsp3) is 0.474. The Bertz CT molecular complexity index is 544. The number of benzene rings is 1. The van der Waals surface area contributed by atoms with Gasteiger partial charge in [0.1, 0.15) is 5.75 Å². The van der Waals surface area contributed by atoms with Crippen molar-refractivity contribution in [2.24, 2.45) is 0 Å². The molecule has 0 aromatic heterocycles. The molecule has 3 nitrogen and oxygen atoms in total. The molecule has 0 saturated heterocycles. The normalized spacial score (nSPS) is 13.1. The summed E-state index contributed by atoms with van der Waals surface area (Å²) in [5, 5.41) is 10.7. The van der Waals surface area contributed by atoms with Gasteiger partial charge in [0.05, 0.1) is 26.6 Å². The maximum absolute atomic E-state index is 10.7. The molecule has 1 rings (SSSR count). The minimum absolute atomic E-state index is 0.617. The molecular formula is C19H30O3Si. The highest BCUT2D eigenvalue weighted by atomic mass is 28.3. The number of aliphatic hydroxyl groups is 1. The highest BCUT2D eigenvalue weighted by Gasteiger charge is 2.21. The molecule has 0 heterocycles. The first-order valence-corrected chi connectivity index (χ1v) is 11.7. The van der Waals surface area contributed by atoms with Crippen LogP contribution in [0.2, 0.25) is 25.7 Å². The van der Waals surface area contributed by atoms with E-state index < -0.39 is 14.2 Å². The van der Waals surface area contributed by atoms with Crippen LogP contribution in [0, 0.1) is 0 Å². The van der Waals surface area contributed by atoms with Crippen molar-refractivity contribution in [3.63, 3.8) is 0 Å². The standard InChI is InChI=1S/C19H30O3Si/c1-15(14-23(4,5)6)19(20)18-11-10-17(22-3)13-16(18)9-7-8-12-21-2/h8,10-13,19-20H,1,7,9,14H2,2-6H3/b12-8-. The molecule has 0 radical (unpaired) electrons. The van der Waals surface area contributed by atoms with Crippen LogP contribution in [0.25, 0.3) is 0 Å². The van der Waals surface area contributed by atoms with Gasteiger partial charge in [0.15, 0.2) is 0 Å². The summed E-state index contributed by atoms with van der Waals surface area (Å²) < 4.78 is 10.2. The van der Waals surface area contributed by atoms with Gasteiger partial charge in [-0.2, -0.15) is 0 Å². The Morgan fingerprint density at radius 1 is 1.30 bits per heavy atom. The Morgan fingerprint density at radius 2 is 2.00 bits per heavy atom. The molecule has 1 N–H and O–H groups in total. The second kappa shape index (κ2) is 8.94. The highest BCUT2D eigenvalue weighted by molar-refractivity contribution is 6.76.